The molecule has 0 N–H and O–H groups in total. The molecule has 0 amide bonds. The number of rotatable bonds is 7. The lowest BCUT2D eigenvalue weighted by molar-refractivity contribution is 0.0594. The number of esters is 1. The summed E-state index contributed by atoms with van der Waals surface area (Å²) in [6.45, 7) is 12.0. The number of methoxy groups -OCH3 is 1. The quantitative estimate of drug-likeness (QED) is 0.440. The van der Waals surface area contributed by atoms with Crippen LogP contribution in [0.4, 0.5) is 0 Å². The minimum Gasteiger partial charge on any atom is -0.464 e. The van der Waals surface area contributed by atoms with Gasteiger partial charge in [0.05, 0.1) is 18.1 Å². The standard InChI is InChI=1S/C17H24N2O3Si/c1-6-13-11-15(17(20)21-2)18-14-7-8-19(16(13)14)12-22-9-10-23(3,4)5/h6-8,11H,1,9-10,12H2,2-5H3. The van der Waals surface area contributed by atoms with Crippen LogP contribution >= 0.6 is 0 Å². The molecule has 0 aromatic carbocycles. The molecule has 0 radical (unpaired) electrons. The zero-order valence-electron chi connectivity index (χ0n) is 14.3. The van der Waals surface area contributed by atoms with E-state index in [1.165, 1.54) is 7.11 Å². The molecule has 5 nitrogen and oxygen atoms in total. The third-order valence-electron chi connectivity index (χ3n) is 3.59. The van der Waals surface area contributed by atoms with Gasteiger partial charge in [-0.05, 0) is 18.2 Å². The first-order valence-electron chi connectivity index (χ1n) is 7.64. The van der Waals surface area contributed by atoms with Gasteiger partial charge in [0.1, 0.15) is 12.4 Å². The van der Waals surface area contributed by atoms with Gasteiger partial charge in [0.2, 0.25) is 0 Å². The fraction of sp³-hybridized carbons (Fsp3) is 0.412. The Labute approximate surface area is 137 Å². The van der Waals surface area contributed by atoms with E-state index >= 15 is 0 Å². The maximum Gasteiger partial charge on any atom is 0.356 e. The molecule has 0 saturated carbocycles. The van der Waals surface area contributed by atoms with Gasteiger partial charge in [0.25, 0.3) is 0 Å². The van der Waals surface area contributed by atoms with E-state index in [1.54, 1.807) is 12.1 Å². The monoisotopic (exact) mass is 332 g/mol. The predicted octanol–water partition coefficient (Wildman–Crippen LogP) is 3.78. The first kappa shape index (κ1) is 17.4. The number of aromatic nitrogens is 2. The number of ether oxygens (including phenoxy) is 2. The van der Waals surface area contributed by atoms with E-state index in [0.29, 0.717) is 6.73 Å². The third-order valence-corrected chi connectivity index (χ3v) is 5.29. The van der Waals surface area contributed by atoms with Crippen molar-refractivity contribution in [3.63, 3.8) is 0 Å². The minimum atomic E-state index is -1.09. The molecule has 0 atom stereocenters. The Hall–Kier alpha value is -1.92. The maximum atomic E-state index is 11.7. The molecule has 0 bridgehead atoms. The summed E-state index contributed by atoms with van der Waals surface area (Å²) >= 11 is 0. The number of carbonyl (C=O) groups excluding carboxylic acids is 1. The highest BCUT2D eigenvalue weighted by atomic mass is 28.3. The average Bonchev–Trinajstić information content (AvgIpc) is 2.92. The summed E-state index contributed by atoms with van der Waals surface area (Å²) in [6, 6.07) is 4.70. The van der Waals surface area contributed by atoms with E-state index < -0.39 is 14.0 Å². The van der Waals surface area contributed by atoms with E-state index in [9.17, 15) is 4.79 Å². The molecule has 0 saturated heterocycles. The highest BCUT2D eigenvalue weighted by Gasteiger charge is 2.15. The van der Waals surface area contributed by atoms with Gasteiger partial charge in [-0.3, -0.25) is 0 Å². The Morgan fingerprint density at radius 1 is 1.43 bits per heavy atom. The zero-order valence-corrected chi connectivity index (χ0v) is 15.3. The summed E-state index contributed by atoms with van der Waals surface area (Å²) in [5.41, 5.74) is 2.78. The second-order valence-electron chi connectivity index (χ2n) is 6.66. The predicted molar refractivity (Wildman–Crippen MR) is 95.3 cm³/mol. The lowest BCUT2D eigenvalue weighted by Gasteiger charge is -2.16. The molecule has 0 spiro atoms. The molecule has 0 fully saturated rings. The van der Waals surface area contributed by atoms with E-state index in [-0.39, 0.29) is 5.69 Å². The summed E-state index contributed by atoms with van der Waals surface area (Å²) in [5.74, 6) is -0.450. The van der Waals surface area contributed by atoms with Crippen LogP contribution in [0, 0.1) is 0 Å². The van der Waals surface area contributed by atoms with Gasteiger partial charge in [0, 0.05) is 26.4 Å². The fourth-order valence-electron chi connectivity index (χ4n) is 2.26. The molecule has 6 heteroatoms. The molecule has 2 rings (SSSR count). The summed E-state index contributed by atoms with van der Waals surface area (Å²) in [6.07, 6.45) is 3.63. The van der Waals surface area contributed by atoms with Gasteiger partial charge in [-0.2, -0.15) is 0 Å². The summed E-state index contributed by atoms with van der Waals surface area (Å²) in [7, 11) is 0.257. The zero-order chi connectivity index (χ0) is 17.0. The smallest absolute Gasteiger partial charge is 0.356 e. The van der Waals surface area contributed by atoms with Gasteiger partial charge in [-0.25, -0.2) is 9.78 Å². The van der Waals surface area contributed by atoms with Crippen molar-refractivity contribution in [3.8, 4) is 0 Å². The molecule has 2 aromatic heterocycles. The van der Waals surface area contributed by atoms with Gasteiger partial charge in [-0.15, -0.1) is 0 Å². The lowest BCUT2D eigenvalue weighted by Crippen LogP contribution is -2.22. The maximum absolute atomic E-state index is 11.7. The Kier molecular flexibility index (Phi) is 5.38. The van der Waals surface area contributed by atoms with Crippen molar-refractivity contribution in [2.24, 2.45) is 0 Å². The highest BCUT2D eigenvalue weighted by Crippen LogP contribution is 2.22. The van der Waals surface area contributed by atoms with E-state index in [0.717, 1.165) is 29.2 Å². The average molecular weight is 332 g/mol. The second kappa shape index (κ2) is 7.10. The van der Waals surface area contributed by atoms with Crippen molar-refractivity contribution in [1.82, 2.24) is 9.55 Å². The molecular weight excluding hydrogens is 308 g/mol. The van der Waals surface area contributed by atoms with Gasteiger partial charge >= 0.3 is 5.97 Å². The summed E-state index contributed by atoms with van der Waals surface area (Å²) in [4.78, 5) is 16.0. The Balaban J connectivity index is 2.22. The Morgan fingerprint density at radius 2 is 2.17 bits per heavy atom. The number of hydrogen-bond donors (Lipinski definition) is 0. The highest BCUT2D eigenvalue weighted by molar-refractivity contribution is 6.76. The summed E-state index contributed by atoms with van der Waals surface area (Å²) in [5, 5.41) is 0. The van der Waals surface area contributed by atoms with Crippen molar-refractivity contribution >= 4 is 31.2 Å². The van der Waals surface area contributed by atoms with Crippen molar-refractivity contribution in [2.75, 3.05) is 13.7 Å². The van der Waals surface area contributed by atoms with Crippen LogP contribution in [0.25, 0.3) is 17.1 Å². The largest absolute Gasteiger partial charge is 0.464 e. The fourth-order valence-corrected chi connectivity index (χ4v) is 3.01. The molecule has 0 aliphatic heterocycles. The SMILES string of the molecule is C=Cc1cc(C(=O)OC)nc2ccn(COCC[Si](C)(C)C)c12. The van der Waals surface area contributed by atoms with Crippen molar-refractivity contribution < 1.29 is 14.3 Å². The first-order valence-corrected chi connectivity index (χ1v) is 11.3. The van der Waals surface area contributed by atoms with Gasteiger partial charge in [-0.1, -0.05) is 32.3 Å². The molecule has 0 aliphatic carbocycles. The van der Waals surface area contributed by atoms with E-state index in [4.69, 9.17) is 9.47 Å². The molecule has 2 heterocycles. The minimum absolute atomic E-state index is 0.285. The molecule has 0 unspecified atom stereocenters. The normalized spacial score (nSPS) is 11.7. The van der Waals surface area contributed by atoms with Gasteiger partial charge in [0.15, 0.2) is 0 Å². The lowest BCUT2D eigenvalue weighted by atomic mass is 10.2. The Bertz CT molecular complexity index is 716. The van der Waals surface area contributed by atoms with Crippen LogP contribution in [0.5, 0.6) is 0 Å². The van der Waals surface area contributed by atoms with Crippen LogP contribution in [0.3, 0.4) is 0 Å². The van der Waals surface area contributed by atoms with Crippen LogP contribution in [0.2, 0.25) is 25.7 Å². The van der Waals surface area contributed by atoms with Gasteiger partial charge < -0.3 is 14.0 Å². The number of pyridine rings is 1. The molecule has 2 aromatic rings. The second-order valence-corrected chi connectivity index (χ2v) is 12.3. The number of nitrogens with zero attached hydrogens (tertiary/aromatic N) is 2. The van der Waals surface area contributed by atoms with E-state index in [2.05, 4.69) is 31.2 Å². The number of hydrogen-bond acceptors (Lipinski definition) is 4. The van der Waals surface area contributed by atoms with Crippen LogP contribution in [-0.2, 0) is 16.2 Å². The first-order chi connectivity index (χ1) is 10.9. The van der Waals surface area contributed by atoms with Crippen LogP contribution in [-0.4, -0.2) is 37.3 Å². The molecular formula is C17H24N2O3Si. The van der Waals surface area contributed by atoms with Crippen LogP contribution in [0.15, 0.2) is 24.9 Å². The number of fused-ring (bicyclic) bond motifs is 1. The van der Waals surface area contributed by atoms with Crippen molar-refractivity contribution in [3.05, 3.63) is 36.2 Å². The van der Waals surface area contributed by atoms with Crippen LogP contribution in [0.1, 0.15) is 16.1 Å². The van der Waals surface area contributed by atoms with Crippen LogP contribution < -0.4 is 0 Å². The number of carbonyl (C=O) groups is 1. The third kappa shape index (κ3) is 4.30. The molecule has 124 valence electrons. The molecule has 23 heavy (non-hydrogen) atoms. The molecule has 0 aliphatic rings. The topological polar surface area (TPSA) is 53.3 Å². The Morgan fingerprint density at radius 3 is 2.78 bits per heavy atom. The summed E-state index contributed by atoms with van der Waals surface area (Å²) < 4.78 is 12.5. The van der Waals surface area contributed by atoms with Crippen molar-refractivity contribution in [1.29, 1.82) is 0 Å². The van der Waals surface area contributed by atoms with Crippen molar-refractivity contribution in [2.45, 2.75) is 32.4 Å². The van der Waals surface area contributed by atoms with E-state index in [1.807, 2.05) is 16.8 Å².